The lowest BCUT2D eigenvalue weighted by atomic mass is 10.3. The average Bonchev–Trinajstić information content (AvgIpc) is 2.09. The zero-order chi connectivity index (χ0) is 12.7. The van der Waals surface area contributed by atoms with Gasteiger partial charge < -0.3 is 10.1 Å². The SMILES string of the molecule is CC(C)=O.CC(C)Nc1ccc(I)c(F)c1. The second-order valence-corrected chi connectivity index (χ2v) is 5.00. The molecule has 0 saturated carbocycles. The zero-order valence-electron chi connectivity index (χ0n) is 9.97. The highest BCUT2D eigenvalue weighted by atomic mass is 127. The summed E-state index contributed by atoms with van der Waals surface area (Å²) in [5.41, 5.74) is 0.836. The van der Waals surface area contributed by atoms with Crippen molar-refractivity contribution in [2.45, 2.75) is 33.7 Å². The van der Waals surface area contributed by atoms with Crippen LogP contribution in [0.1, 0.15) is 27.7 Å². The second kappa shape index (κ2) is 7.60. The molecule has 0 aliphatic heterocycles. The first kappa shape index (κ1) is 15.3. The fourth-order valence-corrected chi connectivity index (χ4v) is 1.25. The predicted molar refractivity (Wildman–Crippen MR) is 74.2 cm³/mol. The molecule has 16 heavy (non-hydrogen) atoms. The molecule has 0 radical (unpaired) electrons. The molecule has 4 heteroatoms. The van der Waals surface area contributed by atoms with Crippen molar-refractivity contribution in [1.29, 1.82) is 0 Å². The van der Waals surface area contributed by atoms with E-state index in [2.05, 4.69) is 5.32 Å². The number of benzene rings is 1. The number of rotatable bonds is 2. The van der Waals surface area contributed by atoms with Gasteiger partial charge in [-0.25, -0.2) is 4.39 Å². The van der Waals surface area contributed by atoms with Crippen LogP contribution in [0.3, 0.4) is 0 Å². The highest BCUT2D eigenvalue weighted by Crippen LogP contribution is 2.16. The molecule has 0 unspecified atom stereocenters. The molecule has 1 aromatic rings. The lowest BCUT2D eigenvalue weighted by Gasteiger charge is -2.09. The van der Waals surface area contributed by atoms with Gasteiger partial charge in [-0.05, 0) is 68.5 Å². The number of carbonyl (C=O) groups excluding carboxylic acids is 1. The molecule has 0 amide bonds. The minimum Gasteiger partial charge on any atom is -0.383 e. The molecule has 0 aliphatic carbocycles. The van der Waals surface area contributed by atoms with Crippen molar-refractivity contribution >= 4 is 34.1 Å². The summed E-state index contributed by atoms with van der Waals surface area (Å²) in [5.74, 6) is 0.00116. The third-order valence-electron chi connectivity index (χ3n) is 1.37. The molecule has 90 valence electrons. The van der Waals surface area contributed by atoms with Gasteiger partial charge in [-0.1, -0.05) is 0 Å². The Morgan fingerprint density at radius 2 is 1.88 bits per heavy atom. The van der Waals surface area contributed by atoms with Crippen molar-refractivity contribution in [3.8, 4) is 0 Å². The molecule has 0 aromatic heterocycles. The first-order chi connectivity index (χ1) is 7.32. The van der Waals surface area contributed by atoms with Gasteiger partial charge >= 0.3 is 0 Å². The molecular weight excluding hydrogens is 320 g/mol. The average molecular weight is 337 g/mol. The molecule has 0 bridgehead atoms. The minimum absolute atomic E-state index is 0.166. The van der Waals surface area contributed by atoms with Crippen LogP contribution in [-0.4, -0.2) is 11.8 Å². The lowest BCUT2D eigenvalue weighted by Crippen LogP contribution is -2.09. The number of halogens is 2. The van der Waals surface area contributed by atoms with E-state index in [0.717, 1.165) is 5.69 Å². The molecular formula is C12H17FINO. The summed E-state index contributed by atoms with van der Waals surface area (Å²) in [6.45, 7) is 7.10. The largest absolute Gasteiger partial charge is 0.383 e. The van der Waals surface area contributed by atoms with Gasteiger partial charge in [0.15, 0.2) is 0 Å². The van der Waals surface area contributed by atoms with Gasteiger partial charge in [0.05, 0.1) is 0 Å². The topological polar surface area (TPSA) is 29.1 Å². The fourth-order valence-electron chi connectivity index (χ4n) is 0.919. The number of anilines is 1. The number of hydrogen-bond acceptors (Lipinski definition) is 2. The minimum atomic E-state index is -0.166. The molecule has 0 heterocycles. The maximum atomic E-state index is 13.0. The molecule has 1 rings (SSSR count). The van der Waals surface area contributed by atoms with E-state index < -0.39 is 0 Å². The van der Waals surface area contributed by atoms with Crippen molar-refractivity contribution in [3.05, 3.63) is 27.6 Å². The van der Waals surface area contributed by atoms with Crippen molar-refractivity contribution in [1.82, 2.24) is 0 Å². The van der Waals surface area contributed by atoms with Crippen molar-refractivity contribution < 1.29 is 9.18 Å². The van der Waals surface area contributed by atoms with Crippen molar-refractivity contribution in [2.75, 3.05) is 5.32 Å². The summed E-state index contributed by atoms with van der Waals surface area (Å²) in [6, 6.07) is 5.50. The van der Waals surface area contributed by atoms with E-state index in [9.17, 15) is 9.18 Å². The van der Waals surface area contributed by atoms with E-state index in [4.69, 9.17) is 0 Å². The molecule has 0 aliphatic rings. The van der Waals surface area contributed by atoms with Gasteiger partial charge in [-0.3, -0.25) is 0 Å². The molecule has 0 spiro atoms. The number of carbonyl (C=O) groups is 1. The van der Waals surface area contributed by atoms with Crippen LogP contribution in [0.5, 0.6) is 0 Å². The first-order valence-corrected chi connectivity index (χ1v) is 6.09. The Morgan fingerprint density at radius 3 is 2.25 bits per heavy atom. The quantitative estimate of drug-likeness (QED) is 0.831. The highest BCUT2D eigenvalue weighted by molar-refractivity contribution is 14.1. The van der Waals surface area contributed by atoms with Crippen LogP contribution in [0.4, 0.5) is 10.1 Å². The van der Waals surface area contributed by atoms with Gasteiger partial charge in [0.2, 0.25) is 0 Å². The highest BCUT2D eigenvalue weighted by Gasteiger charge is 2.00. The molecule has 1 aromatic carbocycles. The lowest BCUT2D eigenvalue weighted by molar-refractivity contribution is -0.114. The Balaban J connectivity index is 0.000000487. The monoisotopic (exact) mass is 337 g/mol. The van der Waals surface area contributed by atoms with Gasteiger partial charge in [0, 0.05) is 15.3 Å². The Morgan fingerprint density at radius 1 is 1.38 bits per heavy atom. The normalized spacial score (nSPS) is 9.44. The molecule has 0 fully saturated rings. The van der Waals surface area contributed by atoms with Crippen LogP contribution < -0.4 is 5.32 Å². The smallest absolute Gasteiger partial charge is 0.138 e. The standard InChI is InChI=1S/C9H11FIN.C3H6O/c1-6(2)12-7-3-4-9(11)8(10)5-7;1-3(2)4/h3-6,12H,1-2H3;1-2H3. The molecule has 0 saturated heterocycles. The maximum Gasteiger partial charge on any atom is 0.138 e. The third-order valence-corrected chi connectivity index (χ3v) is 2.25. The van der Waals surface area contributed by atoms with Crippen LogP contribution in [0.2, 0.25) is 0 Å². The van der Waals surface area contributed by atoms with E-state index in [1.165, 1.54) is 19.9 Å². The van der Waals surface area contributed by atoms with E-state index in [1.807, 2.05) is 42.5 Å². The number of nitrogens with one attached hydrogen (secondary N) is 1. The summed E-state index contributed by atoms with van der Waals surface area (Å²) in [7, 11) is 0. The van der Waals surface area contributed by atoms with Crippen LogP contribution in [0.25, 0.3) is 0 Å². The van der Waals surface area contributed by atoms with E-state index >= 15 is 0 Å². The van der Waals surface area contributed by atoms with Gasteiger partial charge in [0.1, 0.15) is 11.6 Å². The van der Waals surface area contributed by atoms with Gasteiger partial charge in [0.25, 0.3) is 0 Å². The zero-order valence-corrected chi connectivity index (χ0v) is 12.1. The van der Waals surface area contributed by atoms with Crippen LogP contribution in [-0.2, 0) is 4.79 Å². The Hall–Kier alpha value is -0.650. The summed E-state index contributed by atoms with van der Waals surface area (Å²) in [6.07, 6.45) is 0. The predicted octanol–water partition coefficient (Wildman–Crippen LogP) is 3.85. The number of Topliss-reactive ketones (excluding diaryl/α,β-unsaturated/α-hetero) is 1. The van der Waals surface area contributed by atoms with Crippen LogP contribution in [0.15, 0.2) is 18.2 Å². The van der Waals surface area contributed by atoms with E-state index in [0.29, 0.717) is 9.61 Å². The summed E-state index contributed by atoms with van der Waals surface area (Å²) in [4.78, 5) is 9.44. The summed E-state index contributed by atoms with van der Waals surface area (Å²) >= 11 is 1.97. The van der Waals surface area contributed by atoms with Gasteiger partial charge in [-0.2, -0.15) is 0 Å². The van der Waals surface area contributed by atoms with Crippen LogP contribution in [0, 0.1) is 9.39 Å². The van der Waals surface area contributed by atoms with Crippen LogP contribution >= 0.6 is 22.6 Å². The van der Waals surface area contributed by atoms with Crippen molar-refractivity contribution in [3.63, 3.8) is 0 Å². The molecule has 0 atom stereocenters. The summed E-state index contributed by atoms with van der Waals surface area (Å²) < 4.78 is 13.6. The second-order valence-electron chi connectivity index (χ2n) is 3.84. The van der Waals surface area contributed by atoms with Gasteiger partial charge in [-0.15, -0.1) is 0 Å². The number of hydrogen-bond donors (Lipinski definition) is 1. The molecule has 2 nitrogen and oxygen atoms in total. The Bertz CT molecular complexity index is 349. The van der Waals surface area contributed by atoms with Crippen molar-refractivity contribution in [2.24, 2.45) is 0 Å². The third kappa shape index (κ3) is 7.62. The Labute approximate surface area is 110 Å². The number of ketones is 1. The molecule has 1 N–H and O–H groups in total. The van der Waals surface area contributed by atoms with E-state index in [1.54, 1.807) is 6.07 Å². The maximum absolute atomic E-state index is 13.0. The fraction of sp³-hybridized carbons (Fsp3) is 0.417. The summed E-state index contributed by atoms with van der Waals surface area (Å²) in [5, 5.41) is 3.13. The Kier molecular flexibility index (Phi) is 7.29. The van der Waals surface area contributed by atoms with E-state index in [-0.39, 0.29) is 11.6 Å². The first-order valence-electron chi connectivity index (χ1n) is 5.01.